The van der Waals surface area contributed by atoms with E-state index in [2.05, 4.69) is 0 Å². The van der Waals surface area contributed by atoms with Crippen LogP contribution in [-0.2, 0) is 0 Å². The Labute approximate surface area is 95.1 Å². The van der Waals surface area contributed by atoms with E-state index >= 15 is 0 Å². The molecule has 3 nitrogen and oxygen atoms in total. The summed E-state index contributed by atoms with van der Waals surface area (Å²) in [6.45, 7) is 5.93. The number of carbonyl (C=O) groups excluding carboxylic acids is 2. The molecule has 0 bridgehead atoms. The number of carbonyl (C=O) groups is 2. The van der Waals surface area contributed by atoms with Crippen molar-refractivity contribution in [2.75, 3.05) is 0 Å². The van der Waals surface area contributed by atoms with Gasteiger partial charge in [0.25, 0.3) is 11.8 Å². The number of hydrogen-bond acceptors (Lipinski definition) is 2. The smallest absolute Gasteiger partial charge is 0.261 e. The average molecular weight is 217 g/mol. The maximum absolute atomic E-state index is 12.1. The van der Waals surface area contributed by atoms with Crippen molar-refractivity contribution >= 4 is 11.8 Å². The molecule has 84 valence electrons. The van der Waals surface area contributed by atoms with E-state index in [1.54, 1.807) is 24.3 Å². The fourth-order valence-corrected chi connectivity index (χ4v) is 1.88. The predicted octanol–water partition coefficient (Wildman–Crippen LogP) is 2.33. The van der Waals surface area contributed by atoms with E-state index in [1.807, 2.05) is 20.8 Å². The lowest BCUT2D eigenvalue weighted by atomic mass is 10.1. The third-order valence-electron chi connectivity index (χ3n) is 3.20. The molecule has 16 heavy (non-hydrogen) atoms. The second-order valence-electron chi connectivity index (χ2n) is 4.51. The van der Waals surface area contributed by atoms with Crippen LogP contribution in [0.25, 0.3) is 0 Å². The van der Waals surface area contributed by atoms with E-state index < -0.39 is 0 Å². The standard InChI is InChI=1S/C13H15NO2/c1-8(2)9(3)14-12(15)10-6-4-5-7-11(10)13(14)16/h4-9H,1-3H3. The second-order valence-corrected chi connectivity index (χ2v) is 4.51. The van der Waals surface area contributed by atoms with Gasteiger partial charge in [-0.1, -0.05) is 26.0 Å². The molecule has 0 N–H and O–H groups in total. The lowest BCUT2D eigenvalue weighted by molar-refractivity contribution is 0.0559. The van der Waals surface area contributed by atoms with Crippen molar-refractivity contribution in [3.05, 3.63) is 35.4 Å². The van der Waals surface area contributed by atoms with Crippen LogP contribution in [0, 0.1) is 5.92 Å². The van der Waals surface area contributed by atoms with Gasteiger partial charge in [-0.15, -0.1) is 0 Å². The van der Waals surface area contributed by atoms with Gasteiger partial charge in [-0.3, -0.25) is 14.5 Å². The Bertz CT molecular complexity index is 416. The fourth-order valence-electron chi connectivity index (χ4n) is 1.88. The Morgan fingerprint density at radius 2 is 1.38 bits per heavy atom. The van der Waals surface area contributed by atoms with Gasteiger partial charge >= 0.3 is 0 Å². The molecule has 2 amide bonds. The van der Waals surface area contributed by atoms with E-state index in [0.717, 1.165) is 0 Å². The summed E-state index contributed by atoms with van der Waals surface area (Å²) >= 11 is 0. The van der Waals surface area contributed by atoms with E-state index in [0.29, 0.717) is 11.1 Å². The first kappa shape index (κ1) is 10.9. The number of hydrogen-bond donors (Lipinski definition) is 0. The summed E-state index contributed by atoms with van der Waals surface area (Å²) in [6.07, 6.45) is 0. The Kier molecular flexibility index (Phi) is 2.54. The largest absolute Gasteiger partial charge is 0.271 e. The molecule has 0 saturated carbocycles. The molecule has 0 radical (unpaired) electrons. The van der Waals surface area contributed by atoms with Crippen LogP contribution in [0.1, 0.15) is 41.5 Å². The highest BCUT2D eigenvalue weighted by molar-refractivity contribution is 6.21. The van der Waals surface area contributed by atoms with Crippen molar-refractivity contribution in [2.24, 2.45) is 5.92 Å². The predicted molar refractivity (Wildman–Crippen MR) is 61.2 cm³/mol. The number of nitrogens with zero attached hydrogens (tertiary/aromatic N) is 1. The monoisotopic (exact) mass is 217 g/mol. The lowest BCUT2D eigenvalue weighted by Crippen LogP contribution is -2.40. The fraction of sp³-hybridized carbons (Fsp3) is 0.385. The lowest BCUT2D eigenvalue weighted by Gasteiger charge is -2.25. The maximum Gasteiger partial charge on any atom is 0.261 e. The van der Waals surface area contributed by atoms with Crippen molar-refractivity contribution in [1.29, 1.82) is 0 Å². The van der Waals surface area contributed by atoms with Gasteiger partial charge in [0, 0.05) is 6.04 Å². The molecule has 1 aliphatic heterocycles. The van der Waals surface area contributed by atoms with Crippen molar-refractivity contribution in [1.82, 2.24) is 4.90 Å². The molecule has 0 saturated heterocycles. The van der Waals surface area contributed by atoms with Crippen molar-refractivity contribution in [2.45, 2.75) is 26.8 Å². The van der Waals surface area contributed by atoms with Crippen molar-refractivity contribution in [3.8, 4) is 0 Å². The number of rotatable bonds is 2. The first-order valence-electron chi connectivity index (χ1n) is 5.51. The van der Waals surface area contributed by atoms with E-state index in [9.17, 15) is 9.59 Å². The minimum atomic E-state index is -0.165. The zero-order valence-electron chi connectivity index (χ0n) is 9.73. The molecular formula is C13H15NO2. The summed E-state index contributed by atoms with van der Waals surface area (Å²) in [4.78, 5) is 25.5. The second kappa shape index (κ2) is 3.74. The Balaban J connectivity index is 2.43. The van der Waals surface area contributed by atoms with E-state index in [4.69, 9.17) is 0 Å². The minimum absolute atomic E-state index is 0.0626. The topological polar surface area (TPSA) is 37.4 Å². The molecule has 1 heterocycles. The molecule has 3 heteroatoms. The number of benzene rings is 1. The maximum atomic E-state index is 12.1. The van der Waals surface area contributed by atoms with Crippen LogP contribution in [-0.4, -0.2) is 22.8 Å². The molecule has 0 aromatic heterocycles. The molecule has 1 atom stereocenters. The minimum Gasteiger partial charge on any atom is -0.271 e. The Morgan fingerprint density at radius 3 is 1.75 bits per heavy atom. The number of imide groups is 1. The third-order valence-corrected chi connectivity index (χ3v) is 3.20. The van der Waals surface area contributed by atoms with Crippen LogP contribution in [0.15, 0.2) is 24.3 Å². The van der Waals surface area contributed by atoms with Gasteiger partial charge in [-0.25, -0.2) is 0 Å². The van der Waals surface area contributed by atoms with Gasteiger partial charge < -0.3 is 0 Å². The van der Waals surface area contributed by atoms with Gasteiger partial charge in [-0.2, -0.15) is 0 Å². The molecule has 1 unspecified atom stereocenters. The summed E-state index contributed by atoms with van der Waals surface area (Å²) in [6, 6.07) is 6.93. The molecule has 0 aliphatic carbocycles. The molecule has 2 rings (SSSR count). The highest BCUT2D eigenvalue weighted by atomic mass is 16.2. The number of amides is 2. The van der Waals surface area contributed by atoms with E-state index in [1.165, 1.54) is 4.90 Å². The van der Waals surface area contributed by atoms with Crippen LogP contribution >= 0.6 is 0 Å². The number of fused-ring (bicyclic) bond motifs is 1. The van der Waals surface area contributed by atoms with Gasteiger partial charge in [0.15, 0.2) is 0 Å². The summed E-state index contributed by atoms with van der Waals surface area (Å²) in [5.74, 6) is -0.0641. The van der Waals surface area contributed by atoms with Crippen LogP contribution < -0.4 is 0 Å². The zero-order valence-corrected chi connectivity index (χ0v) is 9.73. The Morgan fingerprint density at radius 1 is 0.938 bits per heavy atom. The van der Waals surface area contributed by atoms with Gasteiger partial charge in [-0.05, 0) is 25.0 Å². The summed E-state index contributed by atoms with van der Waals surface area (Å²) < 4.78 is 0. The van der Waals surface area contributed by atoms with Gasteiger partial charge in [0.2, 0.25) is 0 Å². The Hall–Kier alpha value is -1.64. The average Bonchev–Trinajstić information content (AvgIpc) is 2.52. The molecule has 1 aromatic carbocycles. The quantitative estimate of drug-likeness (QED) is 0.713. The summed E-state index contributed by atoms with van der Waals surface area (Å²) in [5, 5.41) is 0. The molecule has 0 spiro atoms. The molecular weight excluding hydrogens is 202 g/mol. The van der Waals surface area contributed by atoms with Crippen LogP contribution in [0.2, 0.25) is 0 Å². The van der Waals surface area contributed by atoms with E-state index in [-0.39, 0.29) is 23.8 Å². The molecule has 1 aromatic rings. The van der Waals surface area contributed by atoms with Gasteiger partial charge in [0.05, 0.1) is 11.1 Å². The van der Waals surface area contributed by atoms with Crippen LogP contribution in [0.3, 0.4) is 0 Å². The highest BCUT2D eigenvalue weighted by Crippen LogP contribution is 2.26. The first-order chi connectivity index (χ1) is 7.54. The summed E-state index contributed by atoms with van der Waals surface area (Å²) in [5.41, 5.74) is 1.06. The van der Waals surface area contributed by atoms with Gasteiger partial charge in [0.1, 0.15) is 0 Å². The zero-order chi connectivity index (χ0) is 11.9. The highest BCUT2D eigenvalue weighted by Gasteiger charge is 2.38. The SMILES string of the molecule is CC(C)C(C)N1C(=O)c2ccccc2C1=O. The molecule has 0 fully saturated rings. The van der Waals surface area contributed by atoms with Crippen LogP contribution in [0.4, 0.5) is 0 Å². The third kappa shape index (κ3) is 1.43. The van der Waals surface area contributed by atoms with Crippen molar-refractivity contribution in [3.63, 3.8) is 0 Å². The summed E-state index contributed by atoms with van der Waals surface area (Å²) in [7, 11) is 0. The van der Waals surface area contributed by atoms with Crippen molar-refractivity contribution < 1.29 is 9.59 Å². The molecule has 1 aliphatic rings. The first-order valence-corrected chi connectivity index (χ1v) is 5.51. The normalized spacial score (nSPS) is 16.9. The van der Waals surface area contributed by atoms with Crippen LogP contribution in [0.5, 0.6) is 0 Å².